The zero-order valence-electron chi connectivity index (χ0n) is 17.3. The Morgan fingerprint density at radius 3 is 1.37 bits per heavy atom. The molecule has 22 heteroatoms. The second-order valence-corrected chi connectivity index (χ2v) is 8.48. The van der Waals surface area contributed by atoms with Crippen molar-refractivity contribution in [2.45, 2.75) is 54.1 Å². The lowest BCUT2D eigenvalue weighted by atomic mass is 9.88. The third-order valence-corrected chi connectivity index (χ3v) is 5.37. The molecule has 1 N–H and O–H groups in total. The van der Waals surface area contributed by atoms with Crippen LogP contribution in [0.15, 0.2) is 30.3 Å². The molecule has 0 radical (unpaired) electrons. The quantitative estimate of drug-likeness (QED) is 0.194. The van der Waals surface area contributed by atoms with Gasteiger partial charge in [-0.15, -0.1) is 0 Å². The van der Waals surface area contributed by atoms with Crippen molar-refractivity contribution in [3.8, 4) is 5.75 Å². The van der Waals surface area contributed by atoms with Crippen LogP contribution in [0.1, 0.15) is 6.42 Å². The summed E-state index contributed by atoms with van der Waals surface area (Å²) in [6, 6.07) is 5.52. The third kappa shape index (κ3) is 5.50. The van der Waals surface area contributed by atoms with E-state index in [4.69, 9.17) is 0 Å². The largest absolute Gasteiger partial charge is 0.527 e. The van der Waals surface area contributed by atoms with Gasteiger partial charge in [-0.05, 0) is 12.1 Å². The third-order valence-electron chi connectivity index (χ3n) is 4.42. The van der Waals surface area contributed by atoms with Crippen molar-refractivity contribution >= 4 is 7.82 Å². The average Bonchev–Trinajstić information content (AvgIpc) is 2.72. The zero-order valence-corrected chi connectivity index (χ0v) is 18.2. The van der Waals surface area contributed by atoms with Crippen LogP contribution in [-0.2, 0) is 9.09 Å². The Morgan fingerprint density at radius 1 is 0.605 bits per heavy atom. The minimum Gasteiger partial charge on any atom is -0.404 e. The molecule has 1 unspecified atom stereocenters. The summed E-state index contributed by atoms with van der Waals surface area (Å²) in [5.74, 6) is -57.9. The summed E-state index contributed by atoms with van der Waals surface area (Å²) in [7, 11) is -5.53. The van der Waals surface area contributed by atoms with Gasteiger partial charge in [0.2, 0.25) is 0 Å². The van der Waals surface area contributed by atoms with E-state index < -0.39 is 74.2 Å². The normalized spacial score (nSPS) is 16.8. The minimum atomic E-state index is -8.73. The number of rotatable bonds is 12. The lowest BCUT2D eigenvalue weighted by Crippen LogP contribution is -2.74. The molecule has 0 aliphatic rings. The predicted octanol–water partition coefficient (Wildman–Crippen LogP) is 7.58. The molecule has 0 aliphatic carbocycles. The molecule has 0 spiro atoms. The molecule has 1 aromatic rings. The van der Waals surface area contributed by atoms with Gasteiger partial charge in [0.25, 0.3) is 0 Å². The minimum absolute atomic E-state index is 0.527. The van der Waals surface area contributed by atoms with Crippen molar-refractivity contribution in [3.63, 3.8) is 0 Å². The Bertz CT molecular complexity index is 1010. The fraction of sp³-hybridized carbons (Fsp3) is 0.625. The van der Waals surface area contributed by atoms with Gasteiger partial charge in [-0.25, -0.2) is 4.57 Å². The second kappa shape index (κ2) is 9.87. The van der Waals surface area contributed by atoms with Crippen molar-refractivity contribution in [1.29, 1.82) is 0 Å². The first-order valence-electron chi connectivity index (χ1n) is 8.97. The Hall–Kier alpha value is -2.02. The maximum atomic E-state index is 13.7. The highest BCUT2D eigenvalue weighted by atomic mass is 31.2. The first-order valence-corrected chi connectivity index (χ1v) is 10.5. The molecule has 1 atom stereocenters. The number of phosphoric ester groups is 1. The summed E-state index contributed by atoms with van der Waals surface area (Å²) in [4.78, 5) is 9.26. The number of halogens is 17. The van der Waals surface area contributed by atoms with Crippen LogP contribution in [0.25, 0.3) is 0 Å². The number of phosphoric acid groups is 1. The molecule has 0 saturated carbocycles. The first-order chi connectivity index (χ1) is 16.5. The molecule has 222 valence electrons. The van der Waals surface area contributed by atoms with E-state index in [1.165, 1.54) is 6.07 Å². The predicted molar refractivity (Wildman–Crippen MR) is 88.1 cm³/mol. The van der Waals surface area contributed by atoms with E-state index in [1.54, 1.807) is 0 Å². The van der Waals surface area contributed by atoms with Crippen LogP contribution in [0.3, 0.4) is 0 Å². The van der Waals surface area contributed by atoms with E-state index in [1.807, 2.05) is 0 Å². The monoisotopic (exact) mass is 620 g/mol. The molecular formula is C16H10F17O4P. The second-order valence-electron chi connectivity index (χ2n) is 7.10. The summed E-state index contributed by atoms with van der Waals surface area (Å²) in [5, 5.41) is 0. The number of benzene rings is 1. The van der Waals surface area contributed by atoms with Crippen molar-refractivity contribution < 1.29 is 93.1 Å². The zero-order chi connectivity index (χ0) is 30.4. The molecule has 4 nitrogen and oxygen atoms in total. The molecule has 38 heavy (non-hydrogen) atoms. The van der Waals surface area contributed by atoms with E-state index in [-0.39, 0.29) is 0 Å². The first kappa shape index (κ1) is 34.0. The van der Waals surface area contributed by atoms with Crippen molar-refractivity contribution in [1.82, 2.24) is 0 Å². The molecule has 1 aromatic carbocycles. The van der Waals surface area contributed by atoms with Gasteiger partial charge in [0, 0.05) is 6.42 Å². The average molecular weight is 620 g/mol. The van der Waals surface area contributed by atoms with Gasteiger partial charge in [-0.3, -0.25) is 9.42 Å². The van der Waals surface area contributed by atoms with Crippen LogP contribution in [0.4, 0.5) is 74.6 Å². The van der Waals surface area contributed by atoms with Gasteiger partial charge in [0.05, 0.1) is 6.61 Å². The van der Waals surface area contributed by atoms with Crippen molar-refractivity contribution in [3.05, 3.63) is 30.3 Å². The Kier molecular flexibility index (Phi) is 8.83. The smallest absolute Gasteiger partial charge is 0.404 e. The summed E-state index contributed by atoms with van der Waals surface area (Å²) >= 11 is 0. The standard InChI is InChI=1S/C16H10F17O4P/c17-9(18,6-7-36-38(34,35)37-8-4-2-1-3-5-8)10(19,20)11(21,22)12(23,24)13(25,26)14(27,28)15(29,30)16(31,32)33/h1-5H,6-7H2,(H,34,35). The fourth-order valence-electron chi connectivity index (χ4n) is 2.28. The van der Waals surface area contributed by atoms with Gasteiger partial charge >= 0.3 is 55.5 Å². The van der Waals surface area contributed by atoms with Crippen LogP contribution < -0.4 is 4.52 Å². The molecule has 1 rings (SSSR count). The highest BCUT2D eigenvalue weighted by Crippen LogP contribution is 2.64. The maximum Gasteiger partial charge on any atom is 0.527 e. The number of hydrogen-bond donors (Lipinski definition) is 1. The fourth-order valence-corrected chi connectivity index (χ4v) is 3.05. The summed E-state index contributed by atoms with van der Waals surface area (Å²) in [5.41, 5.74) is 0. The summed E-state index contributed by atoms with van der Waals surface area (Å²) < 4.78 is 243. The lowest BCUT2D eigenvalue weighted by Gasteiger charge is -2.42. The molecule has 0 amide bonds. The van der Waals surface area contributed by atoms with Crippen molar-refractivity contribution in [2.75, 3.05) is 6.61 Å². The molecular weight excluding hydrogens is 610 g/mol. The summed E-state index contributed by atoms with van der Waals surface area (Å²) in [6.07, 6.45) is -10.9. The molecule has 0 aromatic heterocycles. The Morgan fingerprint density at radius 2 is 0.974 bits per heavy atom. The van der Waals surface area contributed by atoms with E-state index in [9.17, 15) is 84.1 Å². The van der Waals surface area contributed by atoms with E-state index in [0.717, 1.165) is 24.3 Å². The maximum absolute atomic E-state index is 13.7. The lowest BCUT2D eigenvalue weighted by molar-refractivity contribution is -0.461. The molecule has 0 bridgehead atoms. The van der Waals surface area contributed by atoms with Crippen LogP contribution in [0.2, 0.25) is 0 Å². The molecule has 0 aliphatic heterocycles. The topological polar surface area (TPSA) is 55.8 Å². The highest BCUT2D eigenvalue weighted by Gasteiger charge is 2.95. The number of para-hydroxylation sites is 1. The Balaban J connectivity index is 3.27. The van der Waals surface area contributed by atoms with Gasteiger partial charge in [-0.1, -0.05) is 18.2 Å². The molecule has 0 saturated heterocycles. The number of alkyl halides is 17. The molecule has 0 heterocycles. The SMILES string of the molecule is O=P(O)(OCCC(F)(F)C(F)(F)C(F)(F)C(F)(F)C(F)(F)C(F)(F)C(F)(F)C(F)(F)F)Oc1ccccc1. The van der Waals surface area contributed by atoms with Gasteiger partial charge < -0.3 is 4.52 Å². The van der Waals surface area contributed by atoms with E-state index >= 15 is 0 Å². The van der Waals surface area contributed by atoms with Gasteiger partial charge in [0.1, 0.15) is 5.75 Å². The van der Waals surface area contributed by atoms with Gasteiger partial charge in [-0.2, -0.15) is 74.6 Å². The van der Waals surface area contributed by atoms with Crippen LogP contribution >= 0.6 is 7.82 Å². The van der Waals surface area contributed by atoms with E-state index in [2.05, 4.69) is 9.05 Å². The number of hydrogen-bond acceptors (Lipinski definition) is 3. The summed E-state index contributed by atoms with van der Waals surface area (Å²) in [6.45, 7) is -2.27. The molecule has 0 fully saturated rings. The van der Waals surface area contributed by atoms with Gasteiger partial charge in [0.15, 0.2) is 0 Å². The van der Waals surface area contributed by atoms with Crippen molar-refractivity contribution in [2.24, 2.45) is 0 Å². The highest BCUT2D eigenvalue weighted by molar-refractivity contribution is 7.47. The van der Waals surface area contributed by atoms with Crippen LogP contribution in [0.5, 0.6) is 5.75 Å². The van der Waals surface area contributed by atoms with E-state index in [0.29, 0.717) is 0 Å². The van der Waals surface area contributed by atoms with Crippen LogP contribution in [-0.4, -0.2) is 59.1 Å². The Labute approximate surface area is 198 Å². The van der Waals surface area contributed by atoms with Crippen LogP contribution in [0, 0.1) is 0 Å².